The highest BCUT2D eigenvalue weighted by atomic mass is 16.3. The first-order valence-corrected chi connectivity index (χ1v) is 6.54. The molecule has 1 aliphatic carbocycles. The molecule has 0 spiro atoms. The van der Waals surface area contributed by atoms with Crippen molar-refractivity contribution in [2.45, 2.75) is 44.2 Å². The molecule has 0 saturated heterocycles. The summed E-state index contributed by atoms with van der Waals surface area (Å²) in [6.45, 7) is 0. The zero-order chi connectivity index (χ0) is 12.5. The minimum atomic E-state index is -0.353. The van der Waals surface area contributed by atoms with Crippen molar-refractivity contribution in [3.63, 3.8) is 0 Å². The van der Waals surface area contributed by atoms with Gasteiger partial charge in [0.25, 0.3) is 0 Å². The van der Waals surface area contributed by atoms with E-state index in [0.29, 0.717) is 5.95 Å². The zero-order valence-electron chi connectivity index (χ0n) is 10.3. The molecule has 2 aromatic rings. The molecule has 2 heterocycles. The first-order valence-electron chi connectivity index (χ1n) is 6.54. The van der Waals surface area contributed by atoms with Crippen LogP contribution in [0.25, 0.3) is 11.2 Å². The number of hydrogen-bond donors (Lipinski definition) is 2. The molecule has 2 atom stereocenters. The number of aliphatic hydroxyl groups excluding tert-OH is 1. The van der Waals surface area contributed by atoms with E-state index in [1.807, 2.05) is 16.7 Å². The molecule has 1 aliphatic rings. The quantitative estimate of drug-likeness (QED) is 0.753. The summed E-state index contributed by atoms with van der Waals surface area (Å²) in [5.41, 5.74) is 7.57. The lowest BCUT2D eigenvalue weighted by Crippen LogP contribution is -2.24. The average Bonchev–Trinajstić information content (AvgIpc) is 2.55. The van der Waals surface area contributed by atoms with E-state index in [1.54, 1.807) is 6.20 Å². The normalized spacial score (nSPS) is 25.2. The van der Waals surface area contributed by atoms with Crippen LogP contribution in [0.1, 0.15) is 38.1 Å². The summed E-state index contributed by atoms with van der Waals surface area (Å²) in [5.74, 6) is 0.453. The van der Waals surface area contributed by atoms with Gasteiger partial charge in [-0.1, -0.05) is 19.3 Å². The summed E-state index contributed by atoms with van der Waals surface area (Å²) in [5, 5.41) is 10.3. The van der Waals surface area contributed by atoms with Crippen molar-refractivity contribution >= 4 is 17.1 Å². The molecule has 5 heteroatoms. The van der Waals surface area contributed by atoms with E-state index in [0.717, 1.165) is 36.8 Å². The molecular weight excluding hydrogens is 228 g/mol. The van der Waals surface area contributed by atoms with Gasteiger partial charge in [-0.15, -0.1) is 0 Å². The molecule has 5 nitrogen and oxygen atoms in total. The van der Waals surface area contributed by atoms with Crippen molar-refractivity contribution in [1.82, 2.24) is 14.5 Å². The van der Waals surface area contributed by atoms with Crippen LogP contribution >= 0.6 is 0 Å². The Labute approximate surface area is 106 Å². The summed E-state index contributed by atoms with van der Waals surface area (Å²) >= 11 is 0. The van der Waals surface area contributed by atoms with Crippen LogP contribution in [0.15, 0.2) is 18.3 Å². The third-order valence-electron chi connectivity index (χ3n) is 3.75. The standard InChI is InChI=1S/C13H18N4O/c14-13-16-9-5-4-8-15-12(9)17(13)10-6-2-1-3-7-11(10)18/h4-5,8,10-11,18H,1-3,6-7H2,(H2,14,16). The molecule has 0 radical (unpaired) electrons. The number of rotatable bonds is 1. The first kappa shape index (κ1) is 11.5. The topological polar surface area (TPSA) is 77.0 Å². The molecule has 3 N–H and O–H groups in total. The molecule has 0 amide bonds. The second-order valence-electron chi connectivity index (χ2n) is 4.96. The van der Waals surface area contributed by atoms with Crippen molar-refractivity contribution in [2.75, 3.05) is 5.73 Å². The van der Waals surface area contributed by atoms with Gasteiger partial charge in [-0.05, 0) is 25.0 Å². The highest BCUT2D eigenvalue weighted by molar-refractivity contribution is 5.74. The number of aromatic nitrogens is 3. The van der Waals surface area contributed by atoms with Gasteiger partial charge in [-0.2, -0.15) is 0 Å². The molecule has 1 fully saturated rings. The van der Waals surface area contributed by atoms with Gasteiger partial charge >= 0.3 is 0 Å². The van der Waals surface area contributed by atoms with Gasteiger partial charge in [-0.3, -0.25) is 4.57 Å². The second-order valence-corrected chi connectivity index (χ2v) is 4.96. The van der Waals surface area contributed by atoms with Crippen molar-refractivity contribution in [2.24, 2.45) is 0 Å². The van der Waals surface area contributed by atoms with Crippen LogP contribution in [0.4, 0.5) is 5.95 Å². The Kier molecular flexibility index (Phi) is 2.91. The number of pyridine rings is 1. The van der Waals surface area contributed by atoms with Crippen molar-refractivity contribution in [3.8, 4) is 0 Å². The van der Waals surface area contributed by atoms with E-state index < -0.39 is 0 Å². The smallest absolute Gasteiger partial charge is 0.202 e. The average molecular weight is 246 g/mol. The van der Waals surface area contributed by atoms with Gasteiger partial charge in [0.15, 0.2) is 5.65 Å². The maximum atomic E-state index is 10.3. The molecule has 0 aliphatic heterocycles. The number of hydrogen-bond acceptors (Lipinski definition) is 4. The Hall–Kier alpha value is -1.62. The SMILES string of the molecule is Nc1nc2cccnc2n1C1CCCCCC1O. The Morgan fingerprint density at radius 2 is 2.11 bits per heavy atom. The number of nitrogen functional groups attached to an aromatic ring is 1. The Morgan fingerprint density at radius 1 is 1.28 bits per heavy atom. The summed E-state index contributed by atoms with van der Waals surface area (Å²) in [7, 11) is 0. The van der Waals surface area contributed by atoms with Crippen LogP contribution in [0.3, 0.4) is 0 Å². The third-order valence-corrected chi connectivity index (χ3v) is 3.75. The van der Waals surface area contributed by atoms with Gasteiger partial charge < -0.3 is 10.8 Å². The maximum absolute atomic E-state index is 10.3. The lowest BCUT2D eigenvalue weighted by molar-refractivity contribution is 0.108. The number of imidazole rings is 1. The summed E-state index contributed by atoms with van der Waals surface area (Å²) in [4.78, 5) is 8.67. The highest BCUT2D eigenvalue weighted by Crippen LogP contribution is 2.31. The minimum Gasteiger partial charge on any atom is -0.391 e. The van der Waals surface area contributed by atoms with E-state index in [2.05, 4.69) is 9.97 Å². The molecule has 96 valence electrons. The molecule has 3 rings (SSSR count). The molecule has 1 saturated carbocycles. The van der Waals surface area contributed by atoms with Crippen molar-refractivity contribution in [1.29, 1.82) is 0 Å². The molecule has 2 unspecified atom stereocenters. The van der Waals surface area contributed by atoms with E-state index in [4.69, 9.17) is 5.73 Å². The number of fused-ring (bicyclic) bond motifs is 1. The van der Waals surface area contributed by atoms with E-state index in [9.17, 15) is 5.11 Å². The summed E-state index contributed by atoms with van der Waals surface area (Å²) < 4.78 is 1.91. The predicted octanol–water partition coefficient (Wildman–Crippen LogP) is 1.88. The van der Waals surface area contributed by atoms with E-state index >= 15 is 0 Å². The van der Waals surface area contributed by atoms with Crippen LogP contribution in [-0.2, 0) is 0 Å². The van der Waals surface area contributed by atoms with Gasteiger partial charge in [0, 0.05) is 6.20 Å². The summed E-state index contributed by atoms with van der Waals surface area (Å²) in [6, 6.07) is 3.76. The Morgan fingerprint density at radius 3 is 3.00 bits per heavy atom. The second kappa shape index (κ2) is 4.57. The van der Waals surface area contributed by atoms with Crippen LogP contribution < -0.4 is 5.73 Å². The molecule has 0 aromatic carbocycles. The highest BCUT2D eigenvalue weighted by Gasteiger charge is 2.26. The fourth-order valence-electron chi connectivity index (χ4n) is 2.84. The van der Waals surface area contributed by atoms with Crippen LogP contribution in [0, 0.1) is 0 Å². The Balaban J connectivity index is 2.09. The molecular formula is C13H18N4O. The van der Waals surface area contributed by atoms with Crippen molar-refractivity contribution < 1.29 is 5.11 Å². The maximum Gasteiger partial charge on any atom is 0.202 e. The number of aliphatic hydroxyl groups is 1. The van der Waals surface area contributed by atoms with Crippen LogP contribution in [-0.4, -0.2) is 25.7 Å². The fraction of sp³-hybridized carbons (Fsp3) is 0.538. The number of anilines is 1. The van der Waals surface area contributed by atoms with E-state index in [-0.39, 0.29) is 12.1 Å². The number of nitrogens with two attached hydrogens (primary N) is 1. The Bertz CT molecular complexity index is 551. The lowest BCUT2D eigenvalue weighted by Gasteiger charge is -2.23. The number of nitrogens with zero attached hydrogens (tertiary/aromatic N) is 3. The monoisotopic (exact) mass is 246 g/mol. The lowest BCUT2D eigenvalue weighted by atomic mass is 10.1. The molecule has 18 heavy (non-hydrogen) atoms. The van der Waals surface area contributed by atoms with Crippen LogP contribution in [0.2, 0.25) is 0 Å². The third kappa shape index (κ3) is 1.84. The van der Waals surface area contributed by atoms with Gasteiger partial charge in [0.2, 0.25) is 5.95 Å². The zero-order valence-corrected chi connectivity index (χ0v) is 10.3. The fourth-order valence-corrected chi connectivity index (χ4v) is 2.84. The van der Waals surface area contributed by atoms with Gasteiger partial charge in [0.1, 0.15) is 5.52 Å². The van der Waals surface area contributed by atoms with Crippen LogP contribution in [0.5, 0.6) is 0 Å². The van der Waals surface area contributed by atoms with Crippen molar-refractivity contribution in [3.05, 3.63) is 18.3 Å². The van der Waals surface area contributed by atoms with Gasteiger partial charge in [0.05, 0.1) is 12.1 Å². The summed E-state index contributed by atoms with van der Waals surface area (Å²) in [6.07, 6.45) is 6.53. The molecule has 0 bridgehead atoms. The first-order chi connectivity index (χ1) is 8.77. The molecule has 2 aromatic heterocycles. The largest absolute Gasteiger partial charge is 0.391 e. The predicted molar refractivity (Wildman–Crippen MR) is 70.1 cm³/mol. The van der Waals surface area contributed by atoms with E-state index in [1.165, 1.54) is 6.42 Å². The van der Waals surface area contributed by atoms with Gasteiger partial charge in [-0.25, -0.2) is 9.97 Å². The minimum absolute atomic E-state index is 0.00685.